The summed E-state index contributed by atoms with van der Waals surface area (Å²) in [6, 6.07) is 18.1. The lowest BCUT2D eigenvalue weighted by Gasteiger charge is -2.31. The third-order valence-electron chi connectivity index (χ3n) is 8.00. The Balaban J connectivity index is 1.28. The fraction of sp³-hybridized carbons (Fsp3) is 0.344. The van der Waals surface area contributed by atoms with Crippen LogP contribution in [0.15, 0.2) is 66.9 Å². The van der Waals surface area contributed by atoms with Gasteiger partial charge in [0.25, 0.3) is 0 Å². The number of benzene rings is 3. The van der Waals surface area contributed by atoms with Crippen LogP contribution >= 0.6 is 0 Å². The molecule has 4 aromatic rings. The Hall–Kier alpha value is -3.47. The molecule has 1 aromatic heterocycles. The topological polar surface area (TPSA) is 29.9 Å². The van der Waals surface area contributed by atoms with Crippen molar-refractivity contribution in [2.75, 3.05) is 5.32 Å². The highest BCUT2D eigenvalue weighted by molar-refractivity contribution is 5.82. The van der Waals surface area contributed by atoms with Gasteiger partial charge in [-0.1, -0.05) is 57.2 Å². The first kappa shape index (κ1) is 25.2. The van der Waals surface area contributed by atoms with Gasteiger partial charge in [0.2, 0.25) is 0 Å². The van der Waals surface area contributed by atoms with Crippen LogP contribution in [0.2, 0.25) is 0 Å². The number of nitrogens with one attached hydrogen (secondary N) is 1. The smallest absolute Gasteiger partial charge is 0.149 e. The average Bonchev–Trinajstić information content (AvgIpc) is 3.18. The van der Waals surface area contributed by atoms with Gasteiger partial charge in [-0.2, -0.15) is 0 Å². The van der Waals surface area contributed by atoms with E-state index >= 15 is 0 Å². The molecule has 1 saturated carbocycles. The van der Waals surface area contributed by atoms with Crippen molar-refractivity contribution in [2.24, 2.45) is 13.0 Å². The average molecular weight is 500 g/mol. The van der Waals surface area contributed by atoms with E-state index in [0.29, 0.717) is 17.2 Å². The minimum absolute atomic E-state index is 0.0637. The molecule has 0 radical (unpaired) electrons. The van der Waals surface area contributed by atoms with E-state index in [1.807, 2.05) is 27.8 Å². The number of imidazole rings is 1. The molecule has 0 bridgehead atoms. The summed E-state index contributed by atoms with van der Waals surface area (Å²) in [6.07, 6.45) is 4.05. The molecule has 1 aliphatic rings. The normalized spacial score (nSPS) is 17.9. The van der Waals surface area contributed by atoms with Crippen LogP contribution in [0.1, 0.15) is 68.3 Å². The van der Waals surface area contributed by atoms with Crippen molar-refractivity contribution >= 4 is 16.7 Å². The highest BCUT2D eigenvalue weighted by Gasteiger charge is 2.26. The summed E-state index contributed by atoms with van der Waals surface area (Å²) in [5.74, 6) is 0.498. The van der Waals surface area contributed by atoms with Crippen LogP contribution in [0.5, 0.6) is 0 Å². The van der Waals surface area contributed by atoms with E-state index in [4.69, 9.17) is 0 Å². The molecule has 2 atom stereocenters. The number of aryl methyl sites for hydroxylation is 2. The predicted octanol–water partition coefficient (Wildman–Crippen LogP) is 8.85. The molecule has 1 N–H and O–H groups in total. The lowest BCUT2D eigenvalue weighted by atomic mass is 9.76. The number of hydrogen-bond acceptors (Lipinski definition) is 2. The molecule has 1 fully saturated rings. The van der Waals surface area contributed by atoms with Gasteiger partial charge in [-0.05, 0) is 90.5 Å². The van der Waals surface area contributed by atoms with E-state index in [1.165, 1.54) is 23.3 Å². The van der Waals surface area contributed by atoms with E-state index in [2.05, 4.69) is 63.9 Å². The molecule has 0 amide bonds. The summed E-state index contributed by atoms with van der Waals surface area (Å²) in [4.78, 5) is 4.67. The zero-order valence-corrected chi connectivity index (χ0v) is 22.1. The summed E-state index contributed by atoms with van der Waals surface area (Å²) < 4.78 is 31.5. The SMILES string of the molecule is C=C(Nc1c(F)cc(C(C)C)cc1F)C1CCCC(c2ccc(-c3ccc4c(c3)nc(C)n4C)cc2)C1. The summed E-state index contributed by atoms with van der Waals surface area (Å²) in [7, 11) is 2.04. The Morgan fingerprint density at radius 2 is 1.68 bits per heavy atom. The molecule has 2 unspecified atom stereocenters. The van der Waals surface area contributed by atoms with Crippen molar-refractivity contribution in [1.82, 2.24) is 9.55 Å². The third-order valence-corrected chi connectivity index (χ3v) is 8.00. The van der Waals surface area contributed by atoms with Crippen LogP contribution in [0.4, 0.5) is 14.5 Å². The van der Waals surface area contributed by atoms with Crippen LogP contribution in [0, 0.1) is 24.5 Å². The van der Waals surface area contributed by atoms with Gasteiger partial charge in [-0.15, -0.1) is 0 Å². The third kappa shape index (κ3) is 5.04. The number of nitrogens with zero attached hydrogens (tertiary/aromatic N) is 2. The zero-order chi connectivity index (χ0) is 26.3. The highest BCUT2D eigenvalue weighted by atomic mass is 19.1. The molecule has 0 aliphatic heterocycles. The number of allylic oxidation sites excluding steroid dienone is 1. The van der Waals surface area contributed by atoms with Gasteiger partial charge in [-0.3, -0.25) is 0 Å². The zero-order valence-electron chi connectivity index (χ0n) is 22.1. The fourth-order valence-electron chi connectivity index (χ4n) is 5.56. The maximum absolute atomic E-state index is 14.7. The number of rotatable bonds is 6. The van der Waals surface area contributed by atoms with Crippen molar-refractivity contribution in [3.8, 4) is 11.1 Å². The van der Waals surface area contributed by atoms with Gasteiger partial charge in [0.15, 0.2) is 0 Å². The van der Waals surface area contributed by atoms with Gasteiger partial charge >= 0.3 is 0 Å². The fourth-order valence-corrected chi connectivity index (χ4v) is 5.56. The molecule has 192 valence electrons. The van der Waals surface area contributed by atoms with E-state index in [-0.39, 0.29) is 17.5 Å². The molecule has 3 nitrogen and oxygen atoms in total. The summed E-state index contributed by atoms with van der Waals surface area (Å²) in [6.45, 7) is 10.0. The van der Waals surface area contributed by atoms with Gasteiger partial charge in [0.1, 0.15) is 23.1 Å². The highest BCUT2D eigenvalue weighted by Crippen LogP contribution is 2.40. The molecule has 3 aromatic carbocycles. The second-order valence-corrected chi connectivity index (χ2v) is 10.8. The molecular weight excluding hydrogens is 464 g/mol. The van der Waals surface area contributed by atoms with Crippen LogP contribution in [-0.4, -0.2) is 9.55 Å². The lowest BCUT2D eigenvalue weighted by molar-refractivity contribution is 0.361. The van der Waals surface area contributed by atoms with Crippen molar-refractivity contribution in [1.29, 1.82) is 0 Å². The van der Waals surface area contributed by atoms with E-state index in [1.54, 1.807) is 0 Å². The van der Waals surface area contributed by atoms with E-state index in [0.717, 1.165) is 48.1 Å². The summed E-state index contributed by atoms with van der Waals surface area (Å²) >= 11 is 0. The lowest BCUT2D eigenvalue weighted by Crippen LogP contribution is -2.20. The Morgan fingerprint density at radius 1 is 1.00 bits per heavy atom. The molecule has 5 heteroatoms. The predicted molar refractivity (Wildman–Crippen MR) is 149 cm³/mol. The van der Waals surface area contributed by atoms with Crippen molar-refractivity contribution in [2.45, 2.75) is 58.3 Å². The number of aromatic nitrogens is 2. The molecule has 0 spiro atoms. The molecule has 1 aliphatic carbocycles. The number of anilines is 1. The maximum Gasteiger partial charge on any atom is 0.149 e. The molecular formula is C32H35F2N3. The Morgan fingerprint density at radius 3 is 2.35 bits per heavy atom. The van der Waals surface area contributed by atoms with Crippen molar-refractivity contribution < 1.29 is 8.78 Å². The Bertz CT molecular complexity index is 1430. The monoisotopic (exact) mass is 499 g/mol. The Labute approximate surface area is 218 Å². The van der Waals surface area contributed by atoms with Gasteiger partial charge in [0, 0.05) is 12.7 Å². The largest absolute Gasteiger partial charge is 0.354 e. The van der Waals surface area contributed by atoms with Crippen LogP contribution in [0.3, 0.4) is 0 Å². The minimum Gasteiger partial charge on any atom is -0.354 e. The van der Waals surface area contributed by atoms with Crippen LogP contribution in [0.25, 0.3) is 22.2 Å². The first-order valence-electron chi connectivity index (χ1n) is 13.2. The number of hydrogen-bond donors (Lipinski definition) is 1. The standard InChI is InChI=1S/C32H35F2N3/c1-19(2)27-16-28(33)32(29(34)17-27)35-20(3)24-7-6-8-25(15-24)22-9-11-23(12-10-22)26-13-14-31-30(18-26)36-21(4)37(31)5/h9-14,16-19,24-25,35H,3,6-8,15H2,1-2,4-5H3. The molecule has 0 saturated heterocycles. The minimum atomic E-state index is -0.563. The molecule has 5 rings (SSSR count). The second-order valence-electron chi connectivity index (χ2n) is 10.8. The number of fused-ring (bicyclic) bond motifs is 1. The van der Waals surface area contributed by atoms with Crippen molar-refractivity contribution in [3.63, 3.8) is 0 Å². The van der Waals surface area contributed by atoms with Crippen LogP contribution < -0.4 is 5.32 Å². The second kappa shape index (κ2) is 10.1. The van der Waals surface area contributed by atoms with Gasteiger partial charge < -0.3 is 9.88 Å². The Kier molecular flexibility index (Phi) is 6.89. The first-order valence-corrected chi connectivity index (χ1v) is 13.2. The summed E-state index contributed by atoms with van der Waals surface area (Å²) in [5.41, 5.74) is 7.02. The van der Waals surface area contributed by atoms with Crippen LogP contribution in [-0.2, 0) is 7.05 Å². The summed E-state index contributed by atoms with van der Waals surface area (Å²) in [5, 5.41) is 2.99. The number of halogens is 2. The van der Waals surface area contributed by atoms with E-state index in [9.17, 15) is 8.78 Å². The quantitative estimate of drug-likeness (QED) is 0.287. The van der Waals surface area contributed by atoms with E-state index < -0.39 is 11.6 Å². The van der Waals surface area contributed by atoms with Gasteiger partial charge in [-0.25, -0.2) is 13.8 Å². The maximum atomic E-state index is 14.7. The molecule has 1 heterocycles. The molecule has 37 heavy (non-hydrogen) atoms. The first-order chi connectivity index (χ1) is 17.7. The van der Waals surface area contributed by atoms with Crippen molar-refractivity contribution in [3.05, 3.63) is 95.5 Å². The van der Waals surface area contributed by atoms with Gasteiger partial charge in [0.05, 0.1) is 11.0 Å².